The predicted molar refractivity (Wildman–Crippen MR) is 303 cm³/mol. The number of fused-ring (bicyclic) bond motifs is 18. The number of allylic oxidation sites excluding steroid dienone is 6. The van der Waals surface area contributed by atoms with Crippen LogP contribution < -0.4 is 9.64 Å². The second-order valence-electron chi connectivity index (χ2n) is 20.1. The number of rotatable bonds is 5. The number of furan rings is 1. The van der Waals surface area contributed by atoms with Crippen molar-refractivity contribution in [2.24, 2.45) is 0 Å². The second-order valence-corrected chi connectivity index (χ2v) is 20.1. The highest BCUT2D eigenvalue weighted by Gasteiger charge is 2.53. The lowest BCUT2D eigenvalue weighted by atomic mass is 9.65. The molecule has 0 N–H and O–H groups in total. The van der Waals surface area contributed by atoms with Gasteiger partial charge in [-0.25, -0.2) is 0 Å². The van der Waals surface area contributed by atoms with E-state index in [9.17, 15) is 0 Å². The smallest absolute Gasteiger partial charge is 0.140 e. The monoisotopic (exact) mass is 943 g/mol. The molecule has 0 unspecified atom stereocenters. The van der Waals surface area contributed by atoms with Crippen molar-refractivity contribution in [2.75, 3.05) is 4.90 Å². The highest BCUT2D eigenvalue weighted by Crippen LogP contribution is 2.66. The average Bonchev–Trinajstić information content (AvgIpc) is 4.11. The van der Waals surface area contributed by atoms with Crippen LogP contribution in [-0.4, -0.2) is 0 Å². The molecule has 1 aromatic heterocycles. The van der Waals surface area contributed by atoms with Crippen molar-refractivity contribution in [2.45, 2.75) is 17.3 Å². The molecule has 16 rings (SSSR count). The Morgan fingerprint density at radius 3 is 1.74 bits per heavy atom. The molecule has 0 saturated carbocycles. The third-order valence-corrected chi connectivity index (χ3v) is 16.7. The van der Waals surface area contributed by atoms with E-state index in [-0.39, 0.29) is 0 Å². The fourth-order valence-electron chi connectivity index (χ4n) is 13.7. The van der Waals surface area contributed by atoms with Gasteiger partial charge in [0.2, 0.25) is 0 Å². The molecular formula is C71H45NO2. The summed E-state index contributed by atoms with van der Waals surface area (Å²) in [6.45, 7) is 0. The summed E-state index contributed by atoms with van der Waals surface area (Å²) in [7, 11) is 0. The van der Waals surface area contributed by atoms with E-state index >= 15 is 0 Å². The van der Waals surface area contributed by atoms with Gasteiger partial charge in [-0.15, -0.1) is 0 Å². The van der Waals surface area contributed by atoms with Crippen LogP contribution in [0.5, 0.6) is 11.5 Å². The Hall–Kier alpha value is -9.44. The Balaban J connectivity index is 1.01. The molecule has 0 amide bonds. The van der Waals surface area contributed by atoms with Gasteiger partial charge in [-0.05, 0) is 104 Å². The van der Waals surface area contributed by atoms with E-state index in [1.165, 1.54) is 55.7 Å². The van der Waals surface area contributed by atoms with E-state index in [1.807, 2.05) is 6.07 Å². The molecule has 0 bridgehead atoms. The molecule has 1 spiro atoms. The van der Waals surface area contributed by atoms with Crippen LogP contribution in [0.15, 0.2) is 271 Å². The third kappa shape index (κ3) is 5.45. The normalized spacial score (nSPS) is 15.1. The Kier molecular flexibility index (Phi) is 8.65. The van der Waals surface area contributed by atoms with Crippen LogP contribution in [0.4, 0.5) is 17.1 Å². The maximum Gasteiger partial charge on any atom is 0.140 e. The molecule has 0 radical (unpaired) electrons. The number of nitrogens with zero attached hydrogens (tertiary/aromatic N) is 1. The summed E-state index contributed by atoms with van der Waals surface area (Å²) in [5.41, 5.74) is 18.4. The van der Waals surface area contributed by atoms with Crippen molar-refractivity contribution in [1.82, 2.24) is 0 Å². The van der Waals surface area contributed by atoms with Crippen molar-refractivity contribution in [3.05, 3.63) is 311 Å². The maximum absolute atomic E-state index is 7.35. The lowest BCUT2D eigenvalue weighted by Crippen LogP contribution is -2.32. The van der Waals surface area contributed by atoms with Crippen molar-refractivity contribution >= 4 is 66.1 Å². The minimum atomic E-state index is -0.720. The minimum Gasteiger partial charge on any atom is -0.456 e. The molecule has 74 heavy (non-hydrogen) atoms. The number of ether oxygens (including phenoxy) is 1. The number of para-hydroxylation sites is 1. The Morgan fingerprint density at radius 1 is 0.392 bits per heavy atom. The van der Waals surface area contributed by atoms with Gasteiger partial charge in [0.1, 0.15) is 22.7 Å². The summed E-state index contributed by atoms with van der Waals surface area (Å²) in [5, 5.41) is 6.69. The quantitative estimate of drug-likeness (QED) is 0.172. The number of hydrogen-bond acceptors (Lipinski definition) is 3. The van der Waals surface area contributed by atoms with Crippen LogP contribution in [0.3, 0.4) is 0 Å². The zero-order valence-corrected chi connectivity index (χ0v) is 40.3. The van der Waals surface area contributed by atoms with E-state index in [1.54, 1.807) is 0 Å². The second kappa shape index (κ2) is 15.5. The van der Waals surface area contributed by atoms with Crippen molar-refractivity contribution in [3.63, 3.8) is 0 Å². The Bertz CT molecular complexity index is 4310. The summed E-state index contributed by atoms with van der Waals surface area (Å²) in [5.74, 6) is 1.81. The van der Waals surface area contributed by atoms with E-state index < -0.39 is 10.8 Å². The third-order valence-electron chi connectivity index (χ3n) is 16.7. The van der Waals surface area contributed by atoms with Gasteiger partial charge in [-0.1, -0.05) is 218 Å². The fraction of sp³-hybridized carbons (Fsp3) is 0.0423. The van der Waals surface area contributed by atoms with E-state index in [0.29, 0.717) is 0 Å². The fourth-order valence-corrected chi connectivity index (χ4v) is 13.7. The number of anilines is 3. The highest BCUT2D eigenvalue weighted by molar-refractivity contribution is 6.08. The molecule has 3 heteroatoms. The van der Waals surface area contributed by atoms with Crippen molar-refractivity contribution < 1.29 is 9.15 Å². The largest absolute Gasteiger partial charge is 0.456 e. The predicted octanol–water partition coefficient (Wildman–Crippen LogP) is 18.4. The lowest BCUT2D eigenvalue weighted by Gasteiger charge is -2.40. The van der Waals surface area contributed by atoms with Crippen molar-refractivity contribution in [3.8, 4) is 22.6 Å². The van der Waals surface area contributed by atoms with Gasteiger partial charge in [0.05, 0.1) is 16.5 Å². The minimum absolute atomic E-state index is 0.563. The summed E-state index contributed by atoms with van der Waals surface area (Å²) in [4.78, 5) is 2.50. The standard InChI is InChI=1S/C71H45NO2/c1-4-21-47(22-5-1)70(48-23-6-2-7-24-48)58-30-9-3-8-27-53(58)54-39-37-49(43-63(54)70)72(50-38-40-56-55-28-15-17-34-65(55)73-66(56)44-50)64-33-18-32-60-67(64)57-29-14-16-31-59(57)71(60)61-41-35-45-19-10-12-25-51(45)68(61)74-69-52-26-13-11-20-46(52)36-42-62(69)71/h1-29,31-44H,30H2. The van der Waals surface area contributed by atoms with Crippen molar-refractivity contribution in [1.29, 1.82) is 0 Å². The van der Waals surface area contributed by atoms with Crippen LogP contribution >= 0.6 is 0 Å². The van der Waals surface area contributed by atoms with E-state index in [2.05, 4.69) is 260 Å². The molecule has 2 heterocycles. The Labute approximate surface area is 428 Å². The number of hydrogen-bond donors (Lipinski definition) is 0. The topological polar surface area (TPSA) is 25.6 Å². The van der Waals surface area contributed by atoms with Gasteiger partial charge in [0.15, 0.2) is 0 Å². The van der Waals surface area contributed by atoms with Gasteiger partial charge < -0.3 is 14.1 Å². The zero-order valence-electron chi connectivity index (χ0n) is 40.3. The Morgan fingerprint density at radius 2 is 1.00 bits per heavy atom. The van der Waals surface area contributed by atoms with Crippen LogP contribution in [0.1, 0.15) is 50.9 Å². The van der Waals surface area contributed by atoms with Crippen LogP contribution in [0.25, 0.3) is 60.2 Å². The first-order chi connectivity index (χ1) is 36.7. The van der Waals surface area contributed by atoms with Crippen LogP contribution in [0.2, 0.25) is 0 Å². The molecule has 12 aromatic rings. The highest BCUT2D eigenvalue weighted by atomic mass is 16.5. The van der Waals surface area contributed by atoms with Gasteiger partial charge in [0, 0.05) is 55.7 Å². The van der Waals surface area contributed by atoms with Gasteiger partial charge in [-0.2, -0.15) is 0 Å². The molecule has 4 aliphatic rings. The SMILES string of the molecule is C1=CCC2=C(C=C1)c1ccc(N(c3ccc4c(c3)oc3ccccc34)c3cccc4c3-c3ccccc3C43c4ccc5ccccc5c4Oc4c3ccc3ccccc43)cc1C2(c1ccccc1)c1ccccc1. The molecule has 0 saturated heterocycles. The summed E-state index contributed by atoms with van der Waals surface area (Å²) >= 11 is 0. The van der Waals surface area contributed by atoms with E-state index in [0.717, 1.165) is 89.6 Å². The molecule has 0 atom stereocenters. The molecule has 3 nitrogen and oxygen atoms in total. The summed E-state index contributed by atoms with van der Waals surface area (Å²) in [6.07, 6.45) is 9.88. The average molecular weight is 944 g/mol. The summed E-state index contributed by atoms with van der Waals surface area (Å²) in [6, 6.07) is 87.3. The molecule has 3 aliphatic carbocycles. The van der Waals surface area contributed by atoms with Gasteiger partial charge >= 0.3 is 0 Å². The van der Waals surface area contributed by atoms with Gasteiger partial charge in [0.25, 0.3) is 0 Å². The first-order valence-corrected chi connectivity index (χ1v) is 25.7. The molecule has 0 fully saturated rings. The summed E-state index contributed by atoms with van der Waals surface area (Å²) < 4.78 is 14.1. The first-order valence-electron chi connectivity index (χ1n) is 25.7. The lowest BCUT2D eigenvalue weighted by molar-refractivity contribution is 0.447. The first kappa shape index (κ1) is 41.2. The van der Waals surface area contributed by atoms with Crippen LogP contribution in [-0.2, 0) is 10.8 Å². The zero-order chi connectivity index (χ0) is 48.5. The molecule has 11 aromatic carbocycles. The van der Waals surface area contributed by atoms with E-state index in [4.69, 9.17) is 9.15 Å². The van der Waals surface area contributed by atoms with Crippen LogP contribution in [0, 0.1) is 0 Å². The molecule has 346 valence electrons. The molecule has 1 aliphatic heterocycles. The maximum atomic E-state index is 7.35. The van der Waals surface area contributed by atoms with Gasteiger partial charge in [-0.3, -0.25) is 0 Å². The molecular weight excluding hydrogens is 899 g/mol. The number of benzene rings is 11.